The van der Waals surface area contributed by atoms with Crippen LogP contribution in [0.1, 0.15) is 24.8 Å². The van der Waals surface area contributed by atoms with Crippen molar-refractivity contribution < 1.29 is 9.53 Å². The zero-order valence-electron chi connectivity index (χ0n) is 10.6. The number of benzene rings is 1. The van der Waals surface area contributed by atoms with Gasteiger partial charge in [-0.25, -0.2) is 0 Å². The summed E-state index contributed by atoms with van der Waals surface area (Å²) in [6.07, 6.45) is 5.74. The van der Waals surface area contributed by atoms with Gasteiger partial charge >= 0.3 is 5.97 Å². The summed E-state index contributed by atoms with van der Waals surface area (Å²) in [6.45, 7) is 0.503. The number of hydrogen-bond acceptors (Lipinski definition) is 2. The van der Waals surface area contributed by atoms with Crippen LogP contribution in [0.3, 0.4) is 0 Å². The highest BCUT2D eigenvalue weighted by atomic mass is 35.5. The van der Waals surface area contributed by atoms with E-state index < -0.39 is 0 Å². The van der Waals surface area contributed by atoms with Gasteiger partial charge in [-0.1, -0.05) is 11.6 Å². The van der Waals surface area contributed by atoms with Gasteiger partial charge in [0, 0.05) is 22.1 Å². The Morgan fingerprint density at radius 1 is 1.42 bits per heavy atom. The number of fused-ring (bicyclic) bond motifs is 1. The van der Waals surface area contributed by atoms with E-state index in [1.807, 2.05) is 24.4 Å². The molecule has 1 saturated carbocycles. The minimum atomic E-state index is -0.0260. The Labute approximate surface area is 116 Å². The van der Waals surface area contributed by atoms with Crippen molar-refractivity contribution in [2.75, 3.05) is 6.61 Å². The molecular weight excluding hydrogens is 262 g/mol. The van der Waals surface area contributed by atoms with Crippen molar-refractivity contribution in [2.45, 2.75) is 25.7 Å². The van der Waals surface area contributed by atoms with Crippen LogP contribution in [-0.2, 0) is 16.0 Å². The minimum Gasteiger partial charge on any atom is -0.465 e. The Balaban J connectivity index is 1.56. The third-order valence-corrected chi connectivity index (χ3v) is 3.71. The summed E-state index contributed by atoms with van der Waals surface area (Å²) < 4.78 is 5.22. The molecular formula is C15H16ClNO2. The number of nitrogens with one attached hydrogen (secondary N) is 1. The lowest BCUT2D eigenvalue weighted by atomic mass is 10.1. The molecule has 0 amide bonds. The van der Waals surface area contributed by atoms with Crippen molar-refractivity contribution in [2.24, 2.45) is 5.92 Å². The van der Waals surface area contributed by atoms with E-state index >= 15 is 0 Å². The maximum atomic E-state index is 11.4. The quantitative estimate of drug-likeness (QED) is 0.669. The molecule has 0 radical (unpaired) electrons. The van der Waals surface area contributed by atoms with Crippen molar-refractivity contribution in [3.05, 3.63) is 35.0 Å². The monoisotopic (exact) mass is 277 g/mol. The van der Waals surface area contributed by atoms with Crippen LogP contribution in [0, 0.1) is 5.92 Å². The average molecular weight is 278 g/mol. The fourth-order valence-electron chi connectivity index (χ4n) is 2.23. The van der Waals surface area contributed by atoms with Gasteiger partial charge in [-0.2, -0.15) is 0 Å². The van der Waals surface area contributed by atoms with E-state index in [1.165, 1.54) is 5.56 Å². The highest BCUT2D eigenvalue weighted by molar-refractivity contribution is 6.31. The molecule has 3 rings (SSSR count). The van der Waals surface area contributed by atoms with Gasteiger partial charge in [0.1, 0.15) is 0 Å². The van der Waals surface area contributed by atoms with Crippen LogP contribution in [0.25, 0.3) is 10.9 Å². The van der Waals surface area contributed by atoms with Gasteiger partial charge in [-0.05, 0) is 49.4 Å². The molecule has 1 N–H and O–H groups in total. The molecule has 1 aromatic carbocycles. The maximum Gasteiger partial charge on any atom is 0.308 e. The second kappa shape index (κ2) is 5.25. The van der Waals surface area contributed by atoms with Crippen LogP contribution in [0.5, 0.6) is 0 Å². The number of H-pyrrole nitrogens is 1. The molecule has 0 saturated heterocycles. The molecule has 1 aliphatic rings. The first-order chi connectivity index (χ1) is 9.24. The van der Waals surface area contributed by atoms with Gasteiger partial charge in [-0.3, -0.25) is 4.79 Å². The topological polar surface area (TPSA) is 42.1 Å². The normalized spacial score (nSPS) is 14.8. The third kappa shape index (κ3) is 2.92. The van der Waals surface area contributed by atoms with Crippen LogP contribution in [0.15, 0.2) is 24.4 Å². The van der Waals surface area contributed by atoms with Gasteiger partial charge in [0.25, 0.3) is 0 Å². The fourth-order valence-corrected chi connectivity index (χ4v) is 2.40. The Kier molecular flexibility index (Phi) is 3.47. The summed E-state index contributed by atoms with van der Waals surface area (Å²) in [7, 11) is 0. The van der Waals surface area contributed by atoms with Crippen LogP contribution in [-0.4, -0.2) is 17.6 Å². The highest BCUT2D eigenvalue weighted by Crippen LogP contribution is 2.30. The van der Waals surface area contributed by atoms with E-state index in [0.717, 1.165) is 41.6 Å². The van der Waals surface area contributed by atoms with Gasteiger partial charge < -0.3 is 9.72 Å². The van der Waals surface area contributed by atoms with Crippen LogP contribution >= 0.6 is 11.6 Å². The molecule has 0 aliphatic heterocycles. The predicted octanol–water partition coefficient (Wildman–Crippen LogP) is 3.71. The molecule has 0 bridgehead atoms. The molecule has 1 heterocycles. The van der Waals surface area contributed by atoms with E-state index in [9.17, 15) is 4.79 Å². The van der Waals surface area contributed by atoms with Crippen molar-refractivity contribution >= 4 is 28.5 Å². The average Bonchev–Trinajstić information content (AvgIpc) is 3.18. The Morgan fingerprint density at radius 2 is 2.26 bits per heavy atom. The number of hydrogen-bond donors (Lipinski definition) is 1. The molecule has 0 spiro atoms. The number of aromatic amines is 1. The minimum absolute atomic E-state index is 0.0260. The molecule has 2 aromatic rings. The number of aryl methyl sites for hydroxylation is 1. The molecule has 3 nitrogen and oxygen atoms in total. The number of carbonyl (C=O) groups excluding carboxylic acids is 1. The SMILES string of the molecule is O=C(OCCCc1c[nH]c2ccc(Cl)cc12)C1CC1. The number of ether oxygens (including phenoxy) is 1. The van der Waals surface area contributed by atoms with E-state index in [0.29, 0.717) is 6.61 Å². The first-order valence-corrected chi connectivity index (χ1v) is 7.04. The Morgan fingerprint density at radius 3 is 3.05 bits per heavy atom. The smallest absolute Gasteiger partial charge is 0.308 e. The van der Waals surface area contributed by atoms with E-state index in [4.69, 9.17) is 16.3 Å². The van der Waals surface area contributed by atoms with Crippen molar-refractivity contribution in [1.29, 1.82) is 0 Å². The third-order valence-electron chi connectivity index (χ3n) is 3.47. The van der Waals surface area contributed by atoms with Gasteiger partial charge in [-0.15, -0.1) is 0 Å². The lowest BCUT2D eigenvalue weighted by molar-refractivity contribution is -0.145. The molecule has 1 fully saturated rings. The first kappa shape index (κ1) is 12.5. The van der Waals surface area contributed by atoms with Crippen molar-refractivity contribution in [1.82, 2.24) is 4.98 Å². The number of halogens is 1. The van der Waals surface area contributed by atoms with Gasteiger partial charge in [0.15, 0.2) is 0 Å². The maximum absolute atomic E-state index is 11.4. The van der Waals surface area contributed by atoms with E-state index in [-0.39, 0.29) is 11.9 Å². The lowest BCUT2D eigenvalue weighted by Crippen LogP contribution is -2.08. The van der Waals surface area contributed by atoms with E-state index in [2.05, 4.69) is 4.98 Å². The number of carbonyl (C=O) groups is 1. The zero-order chi connectivity index (χ0) is 13.2. The molecule has 100 valence electrons. The summed E-state index contributed by atoms with van der Waals surface area (Å²) >= 11 is 6.01. The first-order valence-electron chi connectivity index (χ1n) is 6.66. The molecule has 1 aromatic heterocycles. The Bertz CT molecular complexity index is 601. The molecule has 4 heteroatoms. The zero-order valence-corrected chi connectivity index (χ0v) is 11.4. The fraction of sp³-hybridized carbons (Fsp3) is 0.400. The summed E-state index contributed by atoms with van der Waals surface area (Å²) in [5, 5.41) is 1.90. The second-order valence-corrected chi connectivity index (χ2v) is 5.49. The second-order valence-electron chi connectivity index (χ2n) is 5.05. The van der Waals surface area contributed by atoms with Crippen LogP contribution in [0.4, 0.5) is 0 Å². The van der Waals surface area contributed by atoms with Gasteiger partial charge in [0.05, 0.1) is 12.5 Å². The molecule has 19 heavy (non-hydrogen) atoms. The van der Waals surface area contributed by atoms with Gasteiger partial charge in [0.2, 0.25) is 0 Å². The summed E-state index contributed by atoms with van der Waals surface area (Å²) in [5.41, 5.74) is 2.31. The summed E-state index contributed by atoms with van der Waals surface area (Å²) in [4.78, 5) is 14.6. The van der Waals surface area contributed by atoms with E-state index in [1.54, 1.807) is 0 Å². The Hall–Kier alpha value is -1.48. The summed E-state index contributed by atoms with van der Waals surface area (Å²) in [6, 6.07) is 5.83. The largest absolute Gasteiger partial charge is 0.465 e. The van der Waals surface area contributed by atoms with Crippen molar-refractivity contribution in [3.8, 4) is 0 Å². The summed E-state index contributed by atoms with van der Waals surface area (Å²) in [5.74, 6) is 0.161. The highest BCUT2D eigenvalue weighted by Gasteiger charge is 2.30. The molecule has 1 aliphatic carbocycles. The lowest BCUT2D eigenvalue weighted by Gasteiger charge is -2.03. The van der Waals surface area contributed by atoms with Crippen LogP contribution < -0.4 is 0 Å². The standard InChI is InChI=1S/C15H16ClNO2/c16-12-5-6-14-13(8-12)11(9-17-14)2-1-7-19-15(18)10-3-4-10/h5-6,8-10,17H,1-4,7H2. The number of rotatable bonds is 5. The predicted molar refractivity (Wildman–Crippen MR) is 75.3 cm³/mol. The molecule has 0 atom stereocenters. The van der Waals surface area contributed by atoms with Crippen molar-refractivity contribution in [3.63, 3.8) is 0 Å². The molecule has 0 unspecified atom stereocenters. The number of esters is 1. The van der Waals surface area contributed by atoms with Crippen LogP contribution in [0.2, 0.25) is 5.02 Å². The number of aromatic nitrogens is 1.